The first-order valence-corrected chi connectivity index (χ1v) is 5.25. The summed E-state index contributed by atoms with van der Waals surface area (Å²) >= 11 is 0. The molecule has 1 aromatic rings. The minimum absolute atomic E-state index is 0.0998. The van der Waals surface area contributed by atoms with Crippen LogP contribution in [0, 0.1) is 0 Å². The molecule has 17 heavy (non-hydrogen) atoms. The first kappa shape index (κ1) is 13.0. The number of carbonyl (C=O) groups is 2. The van der Waals surface area contributed by atoms with Gasteiger partial charge in [-0.15, -0.1) is 0 Å². The van der Waals surface area contributed by atoms with Gasteiger partial charge < -0.3 is 15.3 Å². The largest absolute Gasteiger partial charge is 0.508 e. The maximum absolute atomic E-state index is 11.5. The number of benzene rings is 1. The summed E-state index contributed by atoms with van der Waals surface area (Å²) in [6, 6.07) is 2.13. The Labute approximate surface area is 98.3 Å². The predicted octanol–water partition coefficient (Wildman–Crippen LogP) is 1.71. The highest BCUT2D eigenvalue weighted by Crippen LogP contribution is 2.27. The van der Waals surface area contributed by atoms with Gasteiger partial charge in [-0.1, -0.05) is 6.92 Å². The van der Waals surface area contributed by atoms with Gasteiger partial charge >= 0.3 is 5.97 Å². The van der Waals surface area contributed by atoms with Crippen molar-refractivity contribution in [3.63, 3.8) is 0 Å². The van der Waals surface area contributed by atoms with Gasteiger partial charge in [-0.2, -0.15) is 0 Å². The Hall–Kier alpha value is -2.04. The minimum Gasteiger partial charge on any atom is -0.508 e. The number of aromatic carboxylic acids is 1. The average molecular weight is 238 g/mol. The van der Waals surface area contributed by atoms with Crippen molar-refractivity contribution in [2.45, 2.75) is 26.2 Å². The van der Waals surface area contributed by atoms with Crippen LogP contribution in [-0.2, 0) is 11.2 Å². The molecule has 0 fully saturated rings. The van der Waals surface area contributed by atoms with Crippen LogP contribution in [0.25, 0.3) is 0 Å². The molecule has 5 nitrogen and oxygen atoms in total. The van der Waals surface area contributed by atoms with Crippen molar-refractivity contribution in [2.24, 2.45) is 0 Å². The molecule has 0 aliphatic rings. The average Bonchev–Trinajstić information content (AvgIpc) is 2.15. The summed E-state index contributed by atoms with van der Waals surface area (Å²) in [6.45, 7) is 1.84. The second kappa shape index (κ2) is 5.34. The van der Waals surface area contributed by atoms with Crippen LogP contribution >= 0.6 is 0 Å². The van der Waals surface area contributed by atoms with E-state index in [1.54, 1.807) is 0 Å². The number of hydrogen-bond donors (Lipinski definition) is 3. The number of aromatic hydroxyl groups is 2. The van der Waals surface area contributed by atoms with E-state index in [2.05, 4.69) is 0 Å². The number of Topliss-reactive ketones (excluding diaryl/α,β-unsaturated/α-hetero) is 1. The van der Waals surface area contributed by atoms with Crippen LogP contribution in [0.2, 0.25) is 0 Å². The van der Waals surface area contributed by atoms with Gasteiger partial charge in [0, 0.05) is 18.9 Å². The Morgan fingerprint density at radius 1 is 1.24 bits per heavy atom. The van der Waals surface area contributed by atoms with Crippen LogP contribution in [0.3, 0.4) is 0 Å². The lowest BCUT2D eigenvalue weighted by Gasteiger charge is -2.08. The third-order valence-corrected chi connectivity index (χ3v) is 2.31. The molecule has 1 rings (SSSR count). The second-order valence-corrected chi connectivity index (χ2v) is 3.77. The molecule has 0 heterocycles. The van der Waals surface area contributed by atoms with E-state index in [9.17, 15) is 19.8 Å². The highest BCUT2D eigenvalue weighted by molar-refractivity contribution is 5.95. The molecule has 3 N–H and O–H groups in total. The van der Waals surface area contributed by atoms with Crippen LogP contribution in [0.4, 0.5) is 0 Å². The highest BCUT2D eigenvalue weighted by Gasteiger charge is 2.18. The van der Waals surface area contributed by atoms with Crippen molar-refractivity contribution < 1.29 is 24.9 Å². The van der Waals surface area contributed by atoms with E-state index in [1.165, 1.54) is 6.07 Å². The third kappa shape index (κ3) is 3.21. The van der Waals surface area contributed by atoms with E-state index in [1.807, 2.05) is 6.92 Å². The number of hydrogen-bond acceptors (Lipinski definition) is 4. The molecule has 0 bridgehead atoms. The molecule has 1 aromatic carbocycles. The summed E-state index contributed by atoms with van der Waals surface area (Å²) in [4.78, 5) is 22.4. The summed E-state index contributed by atoms with van der Waals surface area (Å²) in [5.41, 5.74) is -0.194. The van der Waals surface area contributed by atoms with E-state index in [0.717, 1.165) is 6.07 Å². The van der Waals surface area contributed by atoms with Crippen molar-refractivity contribution in [1.29, 1.82) is 0 Å². The summed E-state index contributed by atoms with van der Waals surface area (Å²) < 4.78 is 0. The maximum atomic E-state index is 11.5. The molecule has 0 spiro atoms. The molecule has 0 atom stereocenters. The number of carbonyl (C=O) groups excluding carboxylic acids is 1. The molecule has 0 saturated carbocycles. The number of ketones is 1. The maximum Gasteiger partial charge on any atom is 0.339 e. The number of phenolic OH excluding ortho intramolecular Hbond substituents is 1. The number of rotatable bonds is 5. The lowest BCUT2D eigenvalue weighted by atomic mass is 9.99. The van der Waals surface area contributed by atoms with Gasteiger partial charge in [0.05, 0.1) is 0 Å². The van der Waals surface area contributed by atoms with Crippen molar-refractivity contribution in [3.05, 3.63) is 23.3 Å². The molecule has 92 valence electrons. The fraction of sp³-hybridized carbons (Fsp3) is 0.333. The number of phenols is 2. The minimum atomic E-state index is -1.32. The van der Waals surface area contributed by atoms with E-state index in [0.29, 0.717) is 12.8 Å². The van der Waals surface area contributed by atoms with Gasteiger partial charge in [0.25, 0.3) is 0 Å². The first-order chi connectivity index (χ1) is 7.95. The summed E-state index contributed by atoms with van der Waals surface area (Å²) in [6.07, 6.45) is 0.916. The zero-order valence-corrected chi connectivity index (χ0v) is 9.43. The van der Waals surface area contributed by atoms with Gasteiger partial charge in [-0.3, -0.25) is 4.79 Å². The fourth-order valence-electron chi connectivity index (χ4n) is 1.64. The third-order valence-electron chi connectivity index (χ3n) is 2.31. The van der Waals surface area contributed by atoms with E-state index < -0.39 is 11.7 Å². The summed E-state index contributed by atoms with van der Waals surface area (Å²) in [7, 11) is 0. The van der Waals surface area contributed by atoms with E-state index in [4.69, 9.17) is 5.11 Å². The standard InChI is InChI=1S/C12H14O5/c1-2-3-8(13)4-7-5-9(14)6-10(15)11(7)12(16)17/h5-6,14-15H,2-4H2,1H3,(H,16,17). The molecular weight excluding hydrogens is 224 g/mol. The Bertz CT molecular complexity index is 450. The Kier molecular flexibility index (Phi) is 4.09. The molecule has 0 aromatic heterocycles. The van der Waals surface area contributed by atoms with Crippen LogP contribution < -0.4 is 0 Å². The monoisotopic (exact) mass is 238 g/mol. The smallest absolute Gasteiger partial charge is 0.339 e. The van der Waals surface area contributed by atoms with Gasteiger partial charge in [-0.25, -0.2) is 4.79 Å². The van der Waals surface area contributed by atoms with Crippen molar-refractivity contribution in [2.75, 3.05) is 0 Å². The summed E-state index contributed by atoms with van der Waals surface area (Å²) in [5.74, 6) is -2.23. The van der Waals surface area contributed by atoms with Crippen LogP contribution in [0.15, 0.2) is 12.1 Å². The van der Waals surface area contributed by atoms with Crippen LogP contribution in [0.5, 0.6) is 11.5 Å². The van der Waals surface area contributed by atoms with Crippen LogP contribution in [-0.4, -0.2) is 27.1 Å². The first-order valence-electron chi connectivity index (χ1n) is 5.25. The molecule has 0 aliphatic heterocycles. The Balaban J connectivity index is 3.12. The molecular formula is C12H14O5. The molecule has 0 unspecified atom stereocenters. The highest BCUT2D eigenvalue weighted by atomic mass is 16.4. The molecule has 0 aliphatic carbocycles. The SMILES string of the molecule is CCCC(=O)Cc1cc(O)cc(O)c1C(=O)O. The quantitative estimate of drug-likeness (QED) is 0.725. The molecule has 0 radical (unpaired) electrons. The Morgan fingerprint density at radius 2 is 1.88 bits per heavy atom. The van der Waals surface area contributed by atoms with Crippen molar-refractivity contribution >= 4 is 11.8 Å². The van der Waals surface area contributed by atoms with Gasteiger partial charge in [0.15, 0.2) is 0 Å². The fourth-order valence-corrected chi connectivity index (χ4v) is 1.64. The van der Waals surface area contributed by atoms with Gasteiger partial charge in [0.1, 0.15) is 22.8 Å². The normalized spacial score (nSPS) is 10.2. The van der Waals surface area contributed by atoms with E-state index >= 15 is 0 Å². The zero-order valence-electron chi connectivity index (χ0n) is 9.43. The van der Waals surface area contributed by atoms with Crippen molar-refractivity contribution in [1.82, 2.24) is 0 Å². The molecule has 0 saturated heterocycles. The van der Waals surface area contributed by atoms with Gasteiger partial charge in [0.2, 0.25) is 0 Å². The second-order valence-electron chi connectivity index (χ2n) is 3.77. The molecule has 5 heteroatoms. The zero-order chi connectivity index (χ0) is 13.0. The van der Waals surface area contributed by atoms with Crippen LogP contribution in [0.1, 0.15) is 35.7 Å². The predicted molar refractivity (Wildman–Crippen MR) is 60.3 cm³/mol. The van der Waals surface area contributed by atoms with Gasteiger partial charge in [-0.05, 0) is 18.1 Å². The lowest BCUT2D eigenvalue weighted by Crippen LogP contribution is -2.08. The van der Waals surface area contributed by atoms with E-state index in [-0.39, 0.29) is 29.1 Å². The lowest BCUT2D eigenvalue weighted by molar-refractivity contribution is -0.118. The number of carboxylic acids is 1. The molecule has 0 amide bonds. The van der Waals surface area contributed by atoms with Crippen molar-refractivity contribution in [3.8, 4) is 11.5 Å². The topological polar surface area (TPSA) is 94.8 Å². The summed E-state index contributed by atoms with van der Waals surface area (Å²) in [5, 5.41) is 27.6. The number of carboxylic acid groups (broad SMARTS) is 1. The Morgan fingerprint density at radius 3 is 2.41 bits per heavy atom.